The number of pyridine rings is 1. The number of nitrogens with zero attached hydrogens (tertiary/aromatic N) is 4. The molecule has 1 saturated heterocycles. The second-order valence-electron chi connectivity index (χ2n) is 8.32. The molecule has 158 valence electrons. The largest absolute Gasteiger partial charge is 0.351 e. The van der Waals surface area contributed by atoms with Crippen molar-refractivity contribution in [2.45, 2.75) is 50.9 Å². The van der Waals surface area contributed by atoms with E-state index >= 15 is 0 Å². The van der Waals surface area contributed by atoms with Crippen molar-refractivity contribution in [1.29, 1.82) is 0 Å². The number of amides is 1. The van der Waals surface area contributed by atoms with Crippen molar-refractivity contribution in [2.75, 3.05) is 23.3 Å². The fraction of sp³-hybridized carbons (Fsp3) is 0.455. The van der Waals surface area contributed by atoms with Gasteiger partial charge in [-0.1, -0.05) is 29.2 Å². The molecule has 30 heavy (non-hydrogen) atoms. The number of hydrogen-bond donors (Lipinski definition) is 1. The van der Waals surface area contributed by atoms with Crippen LogP contribution in [0, 0.1) is 0 Å². The van der Waals surface area contributed by atoms with Crippen LogP contribution in [0.25, 0.3) is 5.57 Å². The van der Waals surface area contributed by atoms with E-state index in [-0.39, 0.29) is 18.4 Å². The minimum Gasteiger partial charge on any atom is -0.351 e. The van der Waals surface area contributed by atoms with Gasteiger partial charge in [0.05, 0.1) is 17.8 Å². The number of anilines is 2. The molecule has 0 radical (unpaired) electrons. The molecule has 1 aliphatic carbocycles. The van der Waals surface area contributed by atoms with Gasteiger partial charge in [-0.15, -0.1) is 0 Å². The molecular weight excluding hydrogens is 400 g/mol. The van der Waals surface area contributed by atoms with Crippen LogP contribution in [-0.2, 0) is 0 Å². The van der Waals surface area contributed by atoms with Crippen LogP contribution >= 0.6 is 9.24 Å². The van der Waals surface area contributed by atoms with E-state index in [1.54, 1.807) is 18.6 Å². The predicted molar refractivity (Wildman–Crippen MR) is 121 cm³/mol. The summed E-state index contributed by atoms with van der Waals surface area (Å²) in [5.41, 5.74) is 3.15. The number of carbonyl (C=O) groups excluding carboxylic acids is 1. The van der Waals surface area contributed by atoms with Crippen molar-refractivity contribution in [3.05, 3.63) is 47.7 Å². The summed E-state index contributed by atoms with van der Waals surface area (Å²) in [6.45, 7) is 4.78. The number of aromatic nitrogens is 3. The number of hydrogen-bond acceptors (Lipinski definition) is 5. The van der Waals surface area contributed by atoms with Gasteiger partial charge in [0, 0.05) is 43.0 Å². The molecule has 3 heterocycles. The first-order chi connectivity index (χ1) is 14.3. The summed E-state index contributed by atoms with van der Waals surface area (Å²) in [5.74, 6) is 1.20. The molecule has 0 bridgehead atoms. The molecule has 0 saturated carbocycles. The summed E-state index contributed by atoms with van der Waals surface area (Å²) in [6.07, 6.45) is 10.5. The van der Waals surface area contributed by atoms with Crippen LogP contribution in [0.15, 0.2) is 30.7 Å². The first-order valence-corrected chi connectivity index (χ1v) is 11.0. The van der Waals surface area contributed by atoms with Crippen LogP contribution in [0.5, 0.6) is 0 Å². The highest BCUT2D eigenvalue weighted by atomic mass is 31.0. The Labute approximate surface area is 178 Å². The van der Waals surface area contributed by atoms with E-state index in [0.717, 1.165) is 24.8 Å². The van der Waals surface area contributed by atoms with E-state index in [0.29, 0.717) is 35.9 Å². The topological polar surface area (TPSA) is 71.0 Å². The molecular formula is C22H27FN5OP. The summed E-state index contributed by atoms with van der Waals surface area (Å²) in [4.78, 5) is 28.0. The van der Waals surface area contributed by atoms with Crippen molar-refractivity contribution in [2.24, 2.45) is 0 Å². The van der Waals surface area contributed by atoms with Gasteiger partial charge in [-0.3, -0.25) is 4.79 Å². The van der Waals surface area contributed by atoms with Crippen molar-refractivity contribution in [3.63, 3.8) is 0 Å². The first-order valence-electron chi connectivity index (χ1n) is 10.4. The third-order valence-electron chi connectivity index (χ3n) is 5.56. The summed E-state index contributed by atoms with van der Waals surface area (Å²) < 4.78 is 14.5. The lowest BCUT2D eigenvalue weighted by Gasteiger charge is -2.24. The summed E-state index contributed by atoms with van der Waals surface area (Å²) in [6, 6.07) is 1.92. The summed E-state index contributed by atoms with van der Waals surface area (Å²) >= 11 is 0. The van der Waals surface area contributed by atoms with Crippen molar-refractivity contribution in [3.8, 4) is 0 Å². The highest BCUT2D eigenvalue weighted by Gasteiger charge is 2.36. The molecule has 0 aromatic carbocycles. The molecule has 1 N–H and O–H groups in total. The highest BCUT2D eigenvalue weighted by molar-refractivity contribution is 7.18. The van der Waals surface area contributed by atoms with Crippen molar-refractivity contribution in [1.82, 2.24) is 15.0 Å². The molecule has 2 aromatic heterocycles. The van der Waals surface area contributed by atoms with Crippen LogP contribution < -0.4 is 10.2 Å². The maximum atomic E-state index is 14.5. The zero-order valence-corrected chi connectivity index (χ0v) is 18.5. The van der Waals surface area contributed by atoms with Gasteiger partial charge in [0.25, 0.3) is 5.91 Å². The fourth-order valence-corrected chi connectivity index (χ4v) is 4.26. The first kappa shape index (κ1) is 20.9. The van der Waals surface area contributed by atoms with E-state index in [1.807, 2.05) is 24.8 Å². The van der Waals surface area contributed by atoms with Gasteiger partial charge in [-0.05, 0) is 30.9 Å². The number of halogens is 1. The Morgan fingerprint density at radius 1 is 1.30 bits per heavy atom. The molecule has 1 amide bonds. The molecule has 2 atom stereocenters. The summed E-state index contributed by atoms with van der Waals surface area (Å²) in [5, 5.41) is 1.69. The molecule has 6 nitrogen and oxygen atoms in total. The number of allylic oxidation sites excluding steroid dienone is 2. The van der Waals surface area contributed by atoms with E-state index in [2.05, 4.69) is 35.6 Å². The monoisotopic (exact) mass is 427 g/mol. The molecule has 2 aliphatic rings. The second kappa shape index (κ2) is 8.38. The third kappa shape index (κ3) is 4.36. The lowest BCUT2D eigenvalue weighted by atomic mass is 10.0. The van der Waals surface area contributed by atoms with E-state index in [9.17, 15) is 9.18 Å². The minimum atomic E-state index is -1.34. The van der Waals surface area contributed by atoms with Crippen molar-refractivity contribution < 1.29 is 9.18 Å². The average Bonchev–Trinajstić information content (AvgIpc) is 3.37. The quantitative estimate of drug-likeness (QED) is 0.708. The van der Waals surface area contributed by atoms with Gasteiger partial charge in [-0.2, -0.15) is 0 Å². The molecule has 1 fully saturated rings. The molecule has 2 aromatic rings. The van der Waals surface area contributed by atoms with Gasteiger partial charge in [0.2, 0.25) is 0 Å². The Hall–Kier alpha value is -2.40. The number of alkyl halides is 1. The number of rotatable bonds is 5. The molecule has 8 heteroatoms. The standard InChI is InChI=1S/C22H27FN5OP/c1-14(2)19-25-11-16(12-26-19)21(29)27-18-17(15-5-3-4-6-15)7-9-24-20(18)28-10-8-22(23,30)13-28/h5,7,9,11-12,14H,3-4,6,8,10,13,30H2,1-2H3,(H,27,29). The maximum Gasteiger partial charge on any atom is 0.258 e. The normalized spacial score (nSPS) is 21.2. The molecule has 2 unspecified atom stereocenters. The Morgan fingerprint density at radius 3 is 2.67 bits per heavy atom. The third-order valence-corrected chi connectivity index (χ3v) is 6.03. The predicted octanol–water partition coefficient (Wildman–Crippen LogP) is 4.57. The number of carbonyl (C=O) groups is 1. The molecule has 1 aliphatic heterocycles. The zero-order chi connectivity index (χ0) is 21.3. The highest BCUT2D eigenvalue weighted by Crippen LogP contribution is 2.41. The maximum absolute atomic E-state index is 14.5. The number of nitrogens with one attached hydrogen (secondary N) is 1. The lowest BCUT2D eigenvalue weighted by molar-refractivity contribution is 0.102. The van der Waals surface area contributed by atoms with E-state index < -0.39 is 5.41 Å². The average molecular weight is 427 g/mol. The van der Waals surface area contributed by atoms with Gasteiger partial charge >= 0.3 is 0 Å². The Kier molecular flexibility index (Phi) is 5.83. The second-order valence-corrected chi connectivity index (χ2v) is 9.36. The molecule has 4 rings (SSSR count). The Balaban J connectivity index is 1.68. The van der Waals surface area contributed by atoms with Gasteiger partial charge in [0.15, 0.2) is 5.82 Å². The Bertz CT molecular complexity index is 974. The zero-order valence-electron chi connectivity index (χ0n) is 17.4. The van der Waals surface area contributed by atoms with Crippen molar-refractivity contribution >= 4 is 32.2 Å². The fourth-order valence-electron chi connectivity index (χ4n) is 3.91. The van der Waals surface area contributed by atoms with Gasteiger partial charge in [0.1, 0.15) is 11.2 Å². The van der Waals surface area contributed by atoms with E-state index in [1.165, 1.54) is 5.57 Å². The van der Waals surface area contributed by atoms with Crippen LogP contribution in [0.1, 0.15) is 67.2 Å². The van der Waals surface area contributed by atoms with Gasteiger partial charge in [-0.25, -0.2) is 19.3 Å². The van der Waals surface area contributed by atoms with E-state index in [4.69, 9.17) is 0 Å². The molecule has 0 spiro atoms. The summed E-state index contributed by atoms with van der Waals surface area (Å²) in [7, 11) is 2.29. The van der Waals surface area contributed by atoms with Crippen LogP contribution in [0.4, 0.5) is 15.9 Å². The Morgan fingerprint density at radius 2 is 2.07 bits per heavy atom. The van der Waals surface area contributed by atoms with Crippen LogP contribution in [0.3, 0.4) is 0 Å². The lowest BCUT2D eigenvalue weighted by Crippen LogP contribution is -2.27. The minimum absolute atomic E-state index is 0.191. The van der Waals surface area contributed by atoms with Crippen LogP contribution in [-0.4, -0.2) is 39.4 Å². The van der Waals surface area contributed by atoms with Gasteiger partial charge < -0.3 is 10.2 Å². The SMILES string of the molecule is CC(C)c1ncc(C(=O)Nc2c(C3=CCCC3)ccnc2N2CCC(F)(P)C2)cn1. The van der Waals surface area contributed by atoms with Crippen LogP contribution in [0.2, 0.25) is 0 Å². The smallest absolute Gasteiger partial charge is 0.258 e.